The van der Waals surface area contributed by atoms with Crippen molar-refractivity contribution < 1.29 is 23.3 Å². The molecule has 1 aliphatic heterocycles. The van der Waals surface area contributed by atoms with Crippen LogP contribution in [0.15, 0.2) is 47.1 Å². The second-order valence-electron chi connectivity index (χ2n) is 6.12. The molecule has 1 saturated heterocycles. The zero-order valence-corrected chi connectivity index (χ0v) is 14.0. The predicted molar refractivity (Wildman–Crippen MR) is 89.8 cm³/mol. The van der Waals surface area contributed by atoms with Crippen molar-refractivity contribution in [3.05, 3.63) is 54.2 Å². The maximum Gasteiger partial charge on any atom is 0.289 e. The molecular formula is C18H21FN3O3+. The highest BCUT2D eigenvalue weighted by molar-refractivity contribution is 5.93. The lowest BCUT2D eigenvalue weighted by Gasteiger charge is -2.34. The first kappa shape index (κ1) is 17.2. The maximum absolute atomic E-state index is 13.7. The van der Waals surface area contributed by atoms with Crippen LogP contribution in [0.3, 0.4) is 0 Å². The van der Waals surface area contributed by atoms with Crippen LogP contribution >= 0.6 is 0 Å². The number of carbonyl (C=O) groups is 2. The number of rotatable bonds is 4. The number of benzene rings is 1. The fourth-order valence-corrected chi connectivity index (χ4v) is 2.98. The Morgan fingerprint density at radius 2 is 1.92 bits per heavy atom. The molecule has 2 aromatic rings. The van der Waals surface area contributed by atoms with Crippen molar-refractivity contribution in [2.75, 3.05) is 31.5 Å². The normalized spacial score (nSPS) is 16.5. The Bertz CT molecular complexity index is 740. The molecule has 1 aromatic heterocycles. The molecule has 1 aliphatic rings. The summed E-state index contributed by atoms with van der Waals surface area (Å²) in [6.07, 6.45) is 1.48. The molecule has 25 heavy (non-hydrogen) atoms. The van der Waals surface area contributed by atoms with E-state index >= 15 is 0 Å². The number of piperazine rings is 1. The number of hydrogen-bond acceptors (Lipinski definition) is 3. The zero-order valence-electron chi connectivity index (χ0n) is 14.0. The number of quaternary nitrogens is 1. The second-order valence-corrected chi connectivity index (χ2v) is 6.12. The first-order valence-electron chi connectivity index (χ1n) is 8.29. The molecule has 7 heteroatoms. The van der Waals surface area contributed by atoms with Gasteiger partial charge in [0, 0.05) is 0 Å². The Kier molecular flexibility index (Phi) is 5.14. The van der Waals surface area contributed by atoms with Crippen LogP contribution in [-0.4, -0.2) is 48.9 Å². The lowest BCUT2D eigenvalue weighted by Crippen LogP contribution is -3.19. The van der Waals surface area contributed by atoms with Gasteiger partial charge in [-0.25, -0.2) is 4.39 Å². The minimum absolute atomic E-state index is 0.132. The largest absolute Gasteiger partial charge is 0.459 e. The van der Waals surface area contributed by atoms with Gasteiger partial charge in [-0.2, -0.15) is 0 Å². The Labute approximate surface area is 145 Å². The predicted octanol–water partition coefficient (Wildman–Crippen LogP) is 0.787. The van der Waals surface area contributed by atoms with Gasteiger partial charge in [-0.05, 0) is 31.2 Å². The van der Waals surface area contributed by atoms with Crippen LogP contribution in [0.1, 0.15) is 17.5 Å². The average Bonchev–Trinajstić information content (AvgIpc) is 3.17. The third kappa shape index (κ3) is 3.88. The lowest BCUT2D eigenvalue weighted by molar-refractivity contribution is -0.917. The number of anilines is 1. The molecule has 1 atom stereocenters. The molecule has 2 N–H and O–H groups in total. The minimum Gasteiger partial charge on any atom is -0.459 e. The van der Waals surface area contributed by atoms with Crippen LogP contribution in [-0.2, 0) is 4.79 Å². The monoisotopic (exact) mass is 346 g/mol. The van der Waals surface area contributed by atoms with Gasteiger partial charge in [0.15, 0.2) is 11.8 Å². The summed E-state index contributed by atoms with van der Waals surface area (Å²) in [6, 6.07) is 9.10. The first-order valence-corrected chi connectivity index (χ1v) is 8.29. The van der Waals surface area contributed by atoms with Gasteiger partial charge >= 0.3 is 0 Å². The number of nitrogens with one attached hydrogen (secondary N) is 2. The number of amides is 2. The van der Waals surface area contributed by atoms with Gasteiger partial charge in [0.1, 0.15) is 5.82 Å². The molecule has 1 fully saturated rings. The summed E-state index contributed by atoms with van der Waals surface area (Å²) >= 11 is 0. The van der Waals surface area contributed by atoms with Crippen molar-refractivity contribution in [3.8, 4) is 0 Å². The Hall–Kier alpha value is -2.67. The lowest BCUT2D eigenvalue weighted by atomic mass is 10.2. The van der Waals surface area contributed by atoms with Crippen LogP contribution < -0.4 is 10.2 Å². The number of nitrogens with zero attached hydrogens (tertiary/aromatic N) is 1. The third-order valence-corrected chi connectivity index (χ3v) is 4.56. The first-order chi connectivity index (χ1) is 12.1. The van der Waals surface area contributed by atoms with E-state index in [4.69, 9.17) is 4.42 Å². The Morgan fingerprint density at radius 1 is 1.20 bits per heavy atom. The van der Waals surface area contributed by atoms with E-state index in [2.05, 4.69) is 5.32 Å². The molecule has 0 bridgehead atoms. The molecule has 1 aromatic carbocycles. The van der Waals surface area contributed by atoms with Crippen molar-refractivity contribution in [2.45, 2.75) is 13.0 Å². The number of halogens is 1. The molecular weight excluding hydrogens is 325 g/mol. The number of hydrogen-bond donors (Lipinski definition) is 2. The van der Waals surface area contributed by atoms with Crippen molar-refractivity contribution in [3.63, 3.8) is 0 Å². The van der Waals surface area contributed by atoms with E-state index in [-0.39, 0.29) is 23.5 Å². The van der Waals surface area contributed by atoms with Crippen LogP contribution in [0, 0.1) is 5.82 Å². The summed E-state index contributed by atoms with van der Waals surface area (Å²) in [5, 5.41) is 2.63. The fourth-order valence-electron chi connectivity index (χ4n) is 2.98. The highest BCUT2D eigenvalue weighted by atomic mass is 19.1. The molecule has 0 radical (unpaired) electrons. The van der Waals surface area contributed by atoms with Gasteiger partial charge in [-0.3, -0.25) is 9.59 Å². The summed E-state index contributed by atoms with van der Waals surface area (Å²) in [4.78, 5) is 27.4. The van der Waals surface area contributed by atoms with Gasteiger partial charge < -0.3 is 19.5 Å². The topological polar surface area (TPSA) is 67.0 Å². The van der Waals surface area contributed by atoms with E-state index in [1.807, 2.05) is 6.92 Å². The summed E-state index contributed by atoms with van der Waals surface area (Å²) < 4.78 is 18.8. The van der Waals surface area contributed by atoms with Crippen LogP contribution in [0.5, 0.6) is 0 Å². The molecule has 3 rings (SSSR count). The Balaban J connectivity index is 1.54. The molecule has 0 aliphatic carbocycles. The number of carbonyl (C=O) groups excluding carboxylic acids is 2. The molecule has 0 unspecified atom stereocenters. The van der Waals surface area contributed by atoms with E-state index in [0.717, 1.165) is 4.90 Å². The second kappa shape index (κ2) is 7.48. The SMILES string of the molecule is C[C@H](C(=O)Nc1ccccc1F)[NH+]1CCN(C(=O)c2ccco2)CC1. The Morgan fingerprint density at radius 3 is 2.56 bits per heavy atom. The summed E-state index contributed by atoms with van der Waals surface area (Å²) in [6.45, 7) is 4.21. The van der Waals surface area contributed by atoms with Crippen molar-refractivity contribution in [1.29, 1.82) is 0 Å². The minimum atomic E-state index is -0.452. The zero-order chi connectivity index (χ0) is 17.8. The highest BCUT2D eigenvalue weighted by Gasteiger charge is 2.31. The van der Waals surface area contributed by atoms with Crippen molar-refractivity contribution in [2.24, 2.45) is 0 Å². The van der Waals surface area contributed by atoms with Crippen LogP contribution in [0.4, 0.5) is 10.1 Å². The average molecular weight is 346 g/mol. The highest BCUT2D eigenvalue weighted by Crippen LogP contribution is 2.12. The molecule has 2 amide bonds. The molecule has 2 heterocycles. The van der Waals surface area contributed by atoms with Gasteiger partial charge in [0.05, 0.1) is 38.1 Å². The van der Waals surface area contributed by atoms with Gasteiger partial charge in [0.25, 0.3) is 11.8 Å². The number of furan rings is 1. The molecule has 0 saturated carbocycles. The molecule has 6 nitrogen and oxygen atoms in total. The van der Waals surface area contributed by atoms with Crippen molar-refractivity contribution in [1.82, 2.24) is 4.90 Å². The maximum atomic E-state index is 13.7. The summed E-state index contributed by atoms with van der Waals surface area (Å²) in [5.41, 5.74) is 0.186. The van der Waals surface area contributed by atoms with E-state index in [1.165, 1.54) is 18.4 Å². The van der Waals surface area contributed by atoms with E-state index in [9.17, 15) is 14.0 Å². The third-order valence-electron chi connectivity index (χ3n) is 4.56. The fraction of sp³-hybridized carbons (Fsp3) is 0.333. The smallest absolute Gasteiger partial charge is 0.289 e. The number of para-hydroxylation sites is 1. The quantitative estimate of drug-likeness (QED) is 0.860. The standard InChI is InChI=1S/C18H20FN3O3/c1-13(17(23)20-15-6-3-2-5-14(15)19)21-8-10-22(11-9-21)18(24)16-7-4-12-25-16/h2-7,12-13H,8-11H2,1H3,(H,20,23)/p+1/t13-/m1/s1. The summed E-state index contributed by atoms with van der Waals surface area (Å²) in [5.74, 6) is -0.487. The van der Waals surface area contributed by atoms with E-state index < -0.39 is 5.82 Å². The molecule has 0 spiro atoms. The van der Waals surface area contributed by atoms with Gasteiger partial charge in [0.2, 0.25) is 0 Å². The van der Waals surface area contributed by atoms with E-state index in [0.29, 0.717) is 31.9 Å². The summed E-state index contributed by atoms with van der Waals surface area (Å²) in [7, 11) is 0. The van der Waals surface area contributed by atoms with Crippen molar-refractivity contribution >= 4 is 17.5 Å². The van der Waals surface area contributed by atoms with Crippen LogP contribution in [0.2, 0.25) is 0 Å². The van der Waals surface area contributed by atoms with Gasteiger partial charge in [-0.1, -0.05) is 12.1 Å². The van der Waals surface area contributed by atoms with Crippen LogP contribution in [0.25, 0.3) is 0 Å². The van der Waals surface area contributed by atoms with Gasteiger partial charge in [-0.15, -0.1) is 0 Å². The van der Waals surface area contributed by atoms with E-state index in [1.54, 1.807) is 29.2 Å². The molecule has 132 valence electrons.